The first-order chi connectivity index (χ1) is 8.77. The van der Waals surface area contributed by atoms with E-state index in [1.807, 2.05) is 6.07 Å². The van der Waals surface area contributed by atoms with E-state index in [2.05, 4.69) is 17.2 Å². The van der Waals surface area contributed by atoms with Crippen molar-refractivity contribution in [3.05, 3.63) is 29.6 Å². The quantitative estimate of drug-likeness (QED) is 0.741. The molecule has 1 rings (SSSR count). The lowest BCUT2D eigenvalue weighted by Crippen LogP contribution is -2.28. The van der Waals surface area contributed by atoms with E-state index in [1.165, 1.54) is 12.3 Å². The second-order valence-electron chi connectivity index (χ2n) is 3.77. The van der Waals surface area contributed by atoms with Crippen molar-refractivity contribution in [1.29, 1.82) is 5.26 Å². The Morgan fingerprint density at radius 2 is 2.33 bits per heavy atom. The number of nitrogens with one attached hydrogen (secondary N) is 1. The third-order valence-electron chi connectivity index (χ3n) is 2.30. The fourth-order valence-electron chi connectivity index (χ4n) is 1.27. The molecule has 1 aromatic heterocycles. The number of amides is 1. The minimum Gasteiger partial charge on any atom is -0.380 e. The maximum Gasteiger partial charge on any atom is 0.269 e. The molecule has 5 heteroatoms. The van der Waals surface area contributed by atoms with Crippen molar-refractivity contribution in [3.8, 4) is 6.07 Å². The van der Waals surface area contributed by atoms with Gasteiger partial charge in [-0.3, -0.25) is 4.79 Å². The predicted octanol–water partition coefficient (Wildman–Crippen LogP) is 1.50. The van der Waals surface area contributed by atoms with Gasteiger partial charge in [-0.25, -0.2) is 4.98 Å². The summed E-state index contributed by atoms with van der Waals surface area (Å²) in [4.78, 5) is 15.5. The molecule has 0 aliphatic heterocycles. The Morgan fingerprint density at radius 1 is 1.50 bits per heavy atom. The van der Waals surface area contributed by atoms with Crippen LogP contribution in [0.15, 0.2) is 18.3 Å². The first-order valence-corrected chi connectivity index (χ1v) is 6.00. The maximum atomic E-state index is 11.6. The highest BCUT2D eigenvalue weighted by atomic mass is 16.5. The van der Waals surface area contributed by atoms with Gasteiger partial charge in [0.15, 0.2) is 0 Å². The van der Waals surface area contributed by atoms with Crippen LogP contribution in [0.4, 0.5) is 0 Å². The molecule has 1 N–H and O–H groups in total. The second-order valence-corrected chi connectivity index (χ2v) is 3.77. The minimum absolute atomic E-state index is 0.251. The molecule has 18 heavy (non-hydrogen) atoms. The van der Waals surface area contributed by atoms with E-state index in [-0.39, 0.29) is 5.91 Å². The number of nitriles is 1. The molecule has 0 aliphatic rings. The Hall–Kier alpha value is -1.93. The van der Waals surface area contributed by atoms with Crippen molar-refractivity contribution >= 4 is 5.91 Å². The SMILES string of the molecule is CCCCOCCNC(=O)c1ccc(C#N)cn1. The third-order valence-corrected chi connectivity index (χ3v) is 2.30. The number of carbonyl (C=O) groups excluding carboxylic acids is 1. The molecule has 1 amide bonds. The monoisotopic (exact) mass is 247 g/mol. The number of aromatic nitrogens is 1. The van der Waals surface area contributed by atoms with Gasteiger partial charge in [-0.15, -0.1) is 0 Å². The summed E-state index contributed by atoms with van der Waals surface area (Å²) in [6.07, 6.45) is 3.51. The summed E-state index contributed by atoms with van der Waals surface area (Å²) >= 11 is 0. The molecule has 0 saturated heterocycles. The number of hydrogen-bond donors (Lipinski definition) is 1. The van der Waals surface area contributed by atoms with Crippen LogP contribution in [0, 0.1) is 11.3 Å². The Labute approximate surface area is 107 Å². The first kappa shape index (κ1) is 14.1. The van der Waals surface area contributed by atoms with Gasteiger partial charge in [0.05, 0.1) is 12.2 Å². The van der Waals surface area contributed by atoms with Crippen LogP contribution >= 0.6 is 0 Å². The molecule has 0 aliphatic carbocycles. The molecule has 0 unspecified atom stereocenters. The van der Waals surface area contributed by atoms with Crippen LogP contribution in [0.1, 0.15) is 35.8 Å². The molecule has 0 radical (unpaired) electrons. The summed E-state index contributed by atoms with van der Waals surface area (Å²) in [5.74, 6) is -0.251. The average Bonchev–Trinajstić information content (AvgIpc) is 2.42. The number of nitrogens with zero attached hydrogens (tertiary/aromatic N) is 2. The van der Waals surface area contributed by atoms with E-state index < -0.39 is 0 Å². The van der Waals surface area contributed by atoms with Crippen molar-refractivity contribution in [2.45, 2.75) is 19.8 Å². The van der Waals surface area contributed by atoms with Crippen molar-refractivity contribution in [1.82, 2.24) is 10.3 Å². The molecule has 5 nitrogen and oxygen atoms in total. The van der Waals surface area contributed by atoms with Gasteiger partial charge >= 0.3 is 0 Å². The van der Waals surface area contributed by atoms with Gasteiger partial charge in [0.2, 0.25) is 0 Å². The molecule has 0 aromatic carbocycles. The van der Waals surface area contributed by atoms with E-state index in [1.54, 1.807) is 6.07 Å². The molecule has 0 spiro atoms. The lowest BCUT2D eigenvalue weighted by molar-refractivity contribution is 0.0908. The largest absolute Gasteiger partial charge is 0.380 e. The molecule has 0 saturated carbocycles. The Bertz CT molecular complexity index is 409. The van der Waals surface area contributed by atoms with Crippen molar-refractivity contribution in [3.63, 3.8) is 0 Å². The van der Waals surface area contributed by atoms with Gasteiger partial charge in [0, 0.05) is 19.3 Å². The van der Waals surface area contributed by atoms with Gasteiger partial charge in [0.25, 0.3) is 5.91 Å². The Morgan fingerprint density at radius 3 is 2.94 bits per heavy atom. The zero-order valence-corrected chi connectivity index (χ0v) is 10.5. The van der Waals surface area contributed by atoms with Crippen molar-refractivity contribution in [2.75, 3.05) is 19.8 Å². The molecule has 1 aromatic rings. The van der Waals surface area contributed by atoms with E-state index in [9.17, 15) is 4.79 Å². The molecular weight excluding hydrogens is 230 g/mol. The Balaban J connectivity index is 2.26. The summed E-state index contributed by atoms with van der Waals surface area (Å²) in [5.41, 5.74) is 0.747. The highest BCUT2D eigenvalue weighted by Crippen LogP contribution is 1.98. The highest BCUT2D eigenvalue weighted by Gasteiger charge is 2.05. The van der Waals surface area contributed by atoms with Crippen LogP contribution < -0.4 is 5.32 Å². The van der Waals surface area contributed by atoms with Crippen molar-refractivity contribution in [2.24, 2.45) is 0 Å². The highest BCUT2D eigenvalue weighted by molar-refractivity contribution is 5.92. The standard InChI is InChI=1S/C13H17N3O2/c1-2-3-7-18-8-6-15-13(17)12-5-4-11(9-14)10-16-12/h4-5,10H,2-3,6-8H2,1H3,(H,15,17). The van der Waals surface area contributed by atoms with Crippen LogP contribution in [0.5, 0.6) is 0 Å². The number of hydrogen-bond acceptors (Lipinski definition) is 4. The van der Waals surface area contributed by atoms with Crippen LogP contribution in [0.2, 0.25) is 0 Å². The normalized spacial score (nSPS) is 9.78. The topological polar surface area (TPSA) is 75.0 Å². The zero-order valence-electron chi connectivity index (χ0n) is 10.5. The Kier molecular flexibility index (Phi) is 6.44. The van der Waals surface area contributed by atoms with Crippen LogP contribution in [-0.4, -0.2) is 30.6 Å². The molecule has 0 fully saturated rings. The smallest absolute Gasteiger partial charge is 0.269 e. The van der Waals surface area contributed by atoms with E-state index in [0.717, 1.165) is 19.4 Å². The summed E-state index contributed by atoms with van der Waals surface area (Å²) in [6, 6.07) is 5.05. The fourth-order valence-corrected chi connectivity index (χ4v) is 1.27. The summed E-state index contributed by atoms with van der Waals surface area (Å²) in [6.45, 7) is 3.79. The second kappa shape index (κ2) is 8.20. The average molecular weight is 247 g/mol. The lowest BCUT2D eigenvalue weighted by Gasteiger charge is -2.05. The molecule has 1 heterocycles. The fraction of sp³-hybridized carbons (Fsp3) is 0.462. The number of ether oxygens (including phenoxy) is 1. The zero-order chi connectivity index (χ0) is 13.2. The predicted molar refractivity (Wildman–Crippen MR) is 67.0 cm³/mol. The van der Waals surface area contributed by atoms with Gasteiger partial charge in [0.1, 0.15) is 11.8 Å². The van der Waals surface area contributed by atoms with Crippen LogP contribution in [-0.2, 0) is 4.74 Å². The lowest BCUT2D eigenvalue weighted by atomic mass is 10.2. The molecule has 0 atom stereocenters. The van der Waals surface area contributed by atoms with Crippen LogP contribution in [0.25, 0.3) is 0 Å². The number of pyridine rings is 1. The van der Waals surface area contributed by atoms with Crippen molar-refractivity contribution < 1.29 is 9.53 Å². The van der Waals surface area contributed by atoms with E-state index >= 15 is 0 Å². The number of unbranched alkanes of at least 4 members (excludes halogenated alkanes) is 1. The maximum absolute atomic E-state index is 11.6. The molecule has 0 bridgehead atoms. The van der Waals surface area contributed by atoms with Gasteiger partial charge < -0.3 is 10.1 Å². The van der Waals surface area contributed by atoms with E-state index in [0.29, 0.717) is 24.4 Å². The van der Waals surface area contributed by atoms with Crippen LogP contribution in [0.3, 0.4) is 0 Å². The number of rotatable bonds is 7. The molecule has 96 valence electrons. The first-order valence-electron chi connectivity index (χ1n) is 6.00. The summed E-state index contributed by atoms with van der Waals surface area (Å²) in [5, 5.41) is 11.3. The van der Waals surface area contributed by atoms with Gasteiger partial charge in [-0.05, 0) is 18.6 Å². The van der Waals surface area contributed by atoms with Gasteiger partial charge in [-0.2, -0.15) is 5.26 Å². The minimum atomic E-state index is -0.251. The summed E-state index contributed by atoms with van der Waals surface area (Å²) < 4.78 is 5.32. The van der Waals surface area contributed by atoms with Gasteiger partial charge in [-0.1, -0.05) is 13.3 Å². The third kappa shape index (κ3) is 4.93. The number of carbonyl (C=O) groups is 1. The van der Waals surface area contributed by atoms with E-state index in [4.69, 9.17) is 10.00 Å². The molecular formula is C13H17N3O2. The summed E-state index contributed by atoms with van der Waals surface area (Å²) in [7, 11) is 0.